The third-order valence-electron chi connectivity index (χ3n) is 5.19. The van der Waals surface area contributed by atoms with E-state index in [9.17, 15) is 17.6 Å². The fourth-order valence-corrected chi connectivity index (χ4v) is 3.53. The van der Waals surface area contributed by atoms with Crippen LogP contribution in [0.1, 0.15) is 75.8 Å². The maximum atomic E-state index is 14.8. The molecule has 148 valence electrons. The molecule has 0 heterocycles. The van der Waals surface area contributed by atoms with Gasteiger partial charge in [0.05, 0.1) is 5.56 Å². The summed E-state index contributed by atoms with van der Waals surface area (Å²) in [6, 6.07) is 6.26. The molecule has 2 aromatic carbocycles. The Bertz CT molecular complexity index is 721. The molecule has 1 atom stereocenters. The van der Waals surface area contributed by atoms with E-state index in [4.69, 9.17) is 0 Å². The van der Waals surface area contributed by atoms with E-state index < -0.39 is 40.3 Å². The van der Waals surface area contributed by atoms with Crippen molar-refractivity contribution in [3.63, 3.8) is 0 Å². The molecular weight excluding hydrogens is 352 g/mol. The van der Waals surface area contributed by atoms with Crippen LogP contribution in [-0.4, -0.2) is 0 Å². The van der Waals surface area contributed by atoms with Crippen LogP contribution in [0.25, 0.3) is 11.1 Å². The van der Waals surface area contributed by atoms with Crippen molar-refractivity contribution in [2.24, 2.45) is 0 Å². The van der Waals surface area contributed by atoms with E-state index in [0.717, 1.165) is 37.7 Å². The monoisotopic (exact) mass is 380 g/mol. The maximum absolute atomic E-state index is 14.8. The van der Waals surface area contributed by atoms with Crippen molar-refractivity contribution in [2.45, 2.75) is 71.6 Å². The number of hydrogen-bond donors (Lipinski definition) is 0. The Labute approximate surface area is 159 Å². The summed E-state index contributed by atoms with van der Waals surface area (Å²) in [7, 11) is 0. The molecule has 0 aliphatic heterocycles. The summed E-state index contributed by atoms with van der Waals surface area (Å²) in [4.78, 5) is 0. The quantitative estimate of drug-likeness (QED) is 0.234. The van der Waals surface area contributed by atoms with Gasteiger partial charge >= 0.3 is 0 Å². The predicted octanol–water partition coefficient (Wildman–Crippen LogP) is 8.07. The largest absolute Gasteiger partial charge is 0.203 e. The fourth-order valence-electron chi connectivity index (χ4n) is 3.53. The van der Waals surface area contributed by atoms with Crippen LogP contribution in [0.5, 0.6) is 0 Å². The summed E-state index contributed by atoms with van der Waals surface area (Å²) in [5, 5.41) is 0. The summed E-state index contributed by atoms with van der Waals surface area (Å²) in [5.74, 6) is -5.66. The van der Waals surface area contributed by atoms with Crippen LogP contribution in [0.2, 0.25) is 0 Å². The number of halogens is 4. The van der Waals surface area contributed by atoms with Crippen molar-refractivity contribution >= 4 is 0 Å². The molecule has 0 radical (unpaired) electrons. The van der Waals surface area contributed by atoms with E-state index in [1.165, 1.54) is 12.1 Å². The van der Waals surface area contributed by atoms with Gasteiger partial charge in [-0.3, -0.25) is 0 Å². The predicted molar refractivity (Wildman–Crippen MR) is 103 cm³/mol. The van der Waals surface area contributed by atoms with Gasteiger partial charge in [-0.15, -0.1) is 0 Å². The number of benzene rings is 2. The van der Waals surface area contributed by atoms with Crippen LogP contribution in [0.15, 0.2) is 24.3 Å². The highest BCUT2D eigenvalue weighted by Crippen LogP contribution is 2.38. The minimum Gasteiger partial charge on any atom is -0.203 e. The zero-order valence-corrected chi connectivity index (χ0v) is 16.3. The van der Waals surface area contributed by atoms with Crippen LogP contribution >= 0.6 is 0 Å². The van der Waals surface area contributed by atoms with Crippen LogP contribution in [0, 0.1) is 30.2 Å². The smallest absolute Gasteiger partial charge is 0.170 e. The first kappa shape index (κ1) is 21.5. The molecule has 2 aromatic rings. The Kier molecular flexibility index (Phi) is 7.88. The summed E-state index contributed by atoms with van der Waals surface area (Å²) >= 11 is 0. The van der Waals surface area contributed by atoms with Gasteiger partial charge in [0.15, 0.2) is 23.3 Å². The minimum atomic E-state index is -1.31. The second kappa shape index (κ2) is 9.91. The molecule has 27 heavy (non-hydrogen) atoms. The van der Waals surface area contributed by atoms with Crippen molar-refractivity contribution < 1.29 is 17.6 Å². The number of unbranched alkanes of at least 4 members (excludes halogenated alkanes) is 4. The molecule has 0 aliphatic rings. The average molecular weight is 380 g/mol. The van der Waals surface area contributed by atoms with Crippen LogP contribution in [-0.2, 0) is 0 Å². The van der Waals surface area contributed by atoms with Crippen molar-refractivity contribution in [1.29, 1.82) is 0 Å². The van der Waals surface area contributed by atoms with Crippen molar-refractivity contribution in [3.05, 3.63) is 58.7 Å². The Morgan fingerprint density at radius 2 is 1.30 bits per heavy atom. The van der Waals surface area contributed by atoms with E-state index in [2.05, 4.69) is 6.92 Å². The summed E-state index contributed by atoms with van der Waals surface area (Å²) < 4.78 is 58.9. The Hall–Kier alpha value is -1.84. The summed E-state index contributed by atoms with van der Waals surface area (Å²) in [5.41, 5.74) is -0.0517. The standard InChI is InChI=1S/C23H28F4/c1-4-6-7-8-9-10-16(5-2)18-20(24)22(26)19(23(27)21(18)25)17-13-11-15(3)12-14-17/h11-14,16H,4-10H2,1-3H3. The van der Waals surface area contributed by atoms with Gasteiger partial charge in [-0.05, 0) is 31.2 Å². The maximum Gasteiger partial charge on any atom is 0.170 e. The third-order valence-corrected chi connectivity index (χ3v) is 5.19. The Balaban J connectivity index is 2.36. The van der Waals surface area contributed by atoms with Gasteiger partial charge in [-0.25, -0.2) is 17.6 Å². The zero-order valence-electron chi connectivity index (χ0n) is 16.3. The van der Waals surface area contributed by atoms with Crippen LogP contribution in [0.3, 0.4) is 0 Å². The first-order chi connectivity index (χ1) is 12.9. The Morgan fingerprint density at radius 3 is 1.81 bits per heavy atom. The van der Waals surface area contributed by atoms with E-state index in [1.54, 1.807) is 19.1 Å². The van der Waals surface area contributed by atoms with E-state index in [1.807, 2.05) is 6.92 Å². The van der Waals surface area contributed by atoms with E-state index in [-0.39, 0.29) is 5.56 Å². The lowest BCUT2D eigenvalue weighted by molar-refractivity contribution is 0.415. The van der Waals surface area contributed by atoms with E-state index in [0.29, 0.717) is 12.8 Å². The molecule has 0 N–H and O–H groups in total. The molecule has 4 heteroatoms. The van der Waals surface area contributed by atoms with Gasteiger partial charge < -0.3 is 0 Å². The van der Waals surface area contributed by atoms with Crippen molar-refractivity contribution in [3.8, 4) is 11.1 Å². The Morgan fingerprint density at radius 1 is 0.741 bits per heavy atom. The molecular formula is C23H28F4. The highest BCUT2D eigenvalue weighted by atomic mass is 19.2. The van der Waals surface area contributed by atoms with Crippen LogP contribution < -0.4 is 0 Å². The lowest BCUT2D eigenvalue weighted by atomic mass is 9.88. The summed E-state index contributed by atoms with van der Waals surface area (Å²) in [6.07, 6.45) is 6.00. The fraction of sp³-hybridized carbons (Fsp3) is 0.478. The topological polar surface area (TPSA) is 0 Å². The molecule has 0 aliphatic carbocycles. The minimum absolute atomic E-state index is 0.132. The number of hydrogen-bond acceptors (Lipinski definition) is 0. The second-order valence-electron chi connectivity index (χ2n) is 7.22. The van der Waals surface area contributed by atoms with Gasteiger partial charge in [0.25, 0.3) is 0 Å². The van der Waals surface area contributed by atoms with Gasteiger partial charge in [0.2, 0.25) is 0 Å². The highest BCUT2D eigenvalue weighted by molar-refractivity contribution is 5.66. The molecule has 0 aromatic heterocycles. The molecule has 0 amide bonds. The molecule has 0 saturated heterocycles. The number of rotatable bonds is 9. The third kappa shape index (κ3) is 4.91. The van der Waals surface area contributed by atoms with Crippen molar-refractivity contribution in [2.75, 3.05) is 0 Å². The first-order valence-electron chi connectivity index (χ1n) is 9.85. The molecule has 0 spiro atoms. The average Bonchev–Trinajstić information content (AvgIpc) is 2.66. The van der Waals surface area contributed by atoms with Gasteiger partial charge in [-0.2, -0.15) is 0 Å². The van der Waals surface area contributed by atoms with Gasteiger partial charge in [0.1, 0.15) is 0 Å². The molecule has 1 unspecified atom stereocenters. The molecule has 2 rings (SSSR count). The SMILES string of the molecule is CCCCCCCC(CC)c1c(F)c(F)c(-c2ccc(C)cc2)c(F)c1F. The molecule has 0 fully saturated rings. The molecule has 0 bridgehead atoms. The van der Waals surface area contributed by atoms with Crippen molar-refractivity contribution in [1.82, 2.24) is 0 Å². The normalized spacial score (nSPS) is 12.4. The highest BCUT2D eigenvalue weighted by Gasteiger charge is 2.29. The van der Waals surface area contributed by atoms with Crippen LogP contribution in [0.4, 0.5) is 17.6 Å². The lowest BCUT2D eigenvalue weighted by Crippen LogP contribution is -2.11. The van der Waals surface area contributed by atoms with Gasteiger partial charge in [-0.1, -0.05) is 75.8 Å². The second-order valence-corrected chi connectivity index (χ2v) is 7.22. The van der Waals surface area contributed by atoms with E-state index >= 15 is 0 Å². The molecule has 0 saturated carbocycles. The summed E-state index contributed by atoms with van der Waals surface area (Å²) in [6.45, 7) is 5.73. The lowest BCUT2D eigenvalue weighted by Gasteiger charge is -2.19. The zero-order chi connectivity index (χ0) is 20.0. The van der Waals surface area contributed by atoms with Gasteiger partial charge in [0, 0.05) is 5.56 Å². The number of aryl methyl sites for hydroxylation is 1. The first-order valence-corrected chi connectivity index (χ1v) is 9.85. The molecule has 0 nitrogen and oxygen atoms in total.